The lowest BCUT2D eigenvalue weighted by Gasteiger charge is -2.04. The zero-order valence-corrected chi connectivity index (χ0v) is 10.7. The van der Waals surface area contributed by atoms with Crippen LogP contribution in [0.25, 0.3) is 0 Å². The molecule has 6 nitrogen and oxygen atoms in total. The van der Waals surface area contributed by atoms with Crippen molar-refractivity contribution in [3.05, 3.63) is 40.6 Å². The Hall–Kier alpha value is -1.82. The van der Waals surface area contributed by atoms with Crippen LogP contribution in [0.4, 0.5) is 0 Å². The molecule has 0 aromatic carbocycles. The molecule has 0 aliphatic heterocycles. The van der Waals surface area contributed by atoms with E-state index < -0.39 is 10.0 Å². The van der Waals surface area contributed by atoms with E-state index >= 15 is 0 Å². The maximum atomic E-state index is 11.9. The molecule has 92 valence electrons. The molecule has 0 saturated carbocycles. The lowest BCUT2D eigenvalue weighted by Crippen LogP contribution is -2.22. The van der Waals surface area contributed by atoms with E-state index in [0.717, 1.165) is 11.1 Å². The largest absolute Gasteiger partial charge is 0.253 e. The number of rotatable bonds is 4. The summed E-state index contributed by atoms with van der Waals surface area (Å²) in [5, 5.41) is 8.58. The number of aromatic nitrogens is 2. The summed E-state index contributed by atoms with van der Waals surface area (Å²) in [5.41, 5.74) is 1.81. The van der Waals surface area contributed by atoms with Crippen LogP contribution in [0.15, 0.2) is 34.9 Å². The first-order chi connectivity index (χ1) is 8.62. The van der Waals surface area contributed by atoms with Crippen LogP contribution in [0, 0.1) is 11.3 Å². The average Bonchev–Trinajstić information content (AvgIpc) is 2.90. The molecular weight excluding hydrogens is 272 g/mol. The van der Waals surface area contributed by atoms with Gasteiger partial charge < -0.3 is 0 Å². The summed E-state index contributed by atoms with van der Waals surface area (Å²) in [7, 11) is -3.60. The van der Waals surface area contributed by atoms with Crippen LogP contribution in [0.3, 0.4) is 0 Å². The summed E-state index contributed by atoms with van der Waals surface area (Å²) in [6.07, 6.45) is 2.76. The fourth-order valence-corrected chi connectivity index (χ4v) is 2.76. The fraction of sp³-hybridized carbons (Fsp3) is 0.100. The number of nitrogens with zero attached hydrogens (tertiary/aromatic N) is 3. The molecule has 2 rings (SSSR count). The number of thiazole rings is 1. The van der Waals surface area contributed by atoms with E-state index in [1.807, 2.05) is 6.07 Å². The number of hydrogen-bond donors (Lipinski definition) is 1. The lowest BCUT2D eigenvalue weighted by molar-refractivity contribution is 0.581. The summed E-state index contributed by atoms with van der Waals surface area (Å²) in [5.74, 6) is 0. The van der Waals surface area contributed by atoms with E-state index in [9.17, 15) is 8.42 Å². The third-order valence-electron chi connectivity index (χ3n) is 2.08. The summed E-state index contributed by atoms with van der Waals surface area (Å²) in [4.78, 5) is 8.42. The normalized spacial score (nSPS) is 11.1. The van der Waals surface area contributed by atoms with Crippen LogP contribution in [-0.4, -0.2) is 18.4 Å². The van der Waals surface area contributed by atoms with Crippen molar-refractivity contribution in [2.75, 3.05) is 0 Å². The first-order valence-corrected chi connectivity index (χ1v) is 7.21. The molecule has 0 spiro atoms. The number of pyridine rings is 1. The summed E-state index contributed by atoms with van der Waals surface area (Å²) in [6.45, 7) is 0.188. The van der Waals surface area contributed by atoms with Crippen LogP contribution < -0.4 is 4.72 Å². The van der Waals surface area contributed by atoms with Gasteiger partial charge in [-0.1, -0.05) is 0 Å². The number of nitrogens with one attached hydrogen (secondary N) is 1. The molecule has 18 heavy (non-hydrogen) atoms. The van der Waals surface area contributed by atoms with Gasteiger partial charge in [0.1, 0.15) is 16.7 Å². The fourth-order valence-electron chi connectivity index (χ4n) is 1.18. The third kappa shape index (κ3) is 2.89. The number of hydrogen-bond acceptors (Lipinski definition) is 6. The van der Waals surface area contributed by atoms with Gasteiger partial charge in [-0.25, -0.2) is 18.1 Å². The van der Waals surface area contributed by atoms with E-state index in [4.69, 9.17) is 5.26 Å². The van der Waals surface area contributed by atoms with Gasteiger partial charge in [-0.3, -0.25) is 4.98 Å². The Morgan fingerprint density at radius 1 is 1.39 bits per heavy atom. The number of sulfonamides is 1. The maximum Gasteiger partial charge on any atom is 0.242 e. The van der Waals surface area contributed by atoms with E-state index in [0.29, 0.717) is 0 Å². The highest BCUT2D eigenvalue weighted by Crippen LogP contribution is 2.10. The topological polar surface area (TPSA) is 95.7 Å². The van der Waals surface area contributed by atoms with Crippen molar-refractivity contribution in [2.45, 2.75) is 11.4 Å². The van der Waals surface area contributed by atoms with Crippen molar-refractivity contribution in [3.63, 3.8) is 0 Å². The maximum absolute atomic E-state index is 11.9. The predicted octanol–water partition coefficient (Wildman–Crippen LogP) is 0.888. The van der Waals surface area contributed by atoms with Gasteiger partial charge in [0.25, 0.3) is 0 Å². The SMILES string of the molecule is N#Cc1ccc(S(=O)(=O)NCc2cncs2)cn1. The Bertz CT molecular complexity index is 657. The van der Waals surface area contributed by atoms with Crippen LogP contribution in [0.5, 0.6) is 0 Å². The molecule has 2 heterocycles. The average molecular weight is 280 g/mol. The van der Waals surface area contributed by atoms with Gasteiger partial charge in [0, 0.05) is 23.8 Å². The summed E-state index contributed by atoms with van der Waals surface area (Å²) < 4.78 is 26.2. The van der Waals surface area contributed by atoms with E-state index in [2.05, 4.69) is 14.7 Å². The van der Waals surface area contributed by atoms with Crippen molar-refractivity contribution < 1.29 is 8.42 Å². The first-order valence-electron chi connectivity index (χ1n) is 4.85. The molecule has 2 aromatic rings. The van der Waals surface area contributed by atoms with Crippen molar-refractivity contribution in [1.29, 1.82) is 5.26 Å². The van der Waals surface area contributed by atoms with E-state index in [1.54, 1.807) is 11.7 Å². The second-order valence-electron chi connectivity index (χ2n) is 3.28. The molecule has 0 radical (unpaired) electrons. The molecule has 1 N–H and O–H groups in total. The van der Waals surface area contributed by atoms with Gasteiger partial charge in [-0.2, -0.15) is 5.26 Å². The highest BCUT2D eigenvalue weighted by atomic mass is 32.2. The Balaban J connectivity index is 2.13. The quantitative estimate of drug-likeness (QED) is 0.897. The second kappa shape index (κ2) is 5.22. The third-order valence-corrected chi connectivity index (χ3v) is 4.25. The van der Waals surface area contributed by atoms with Gasteiger partial charge in [0.15, 0.2) is 0 Å². The molecule has 8 heteroatoms. The molecule has 0 saturated heterocycles. The Labute approximate surface area is 108 Å². The smallest absolute Gasteiger partial charge is 0.242 e. The second-order valence-corrected chi connectivity index (χ2v) is 6.02. The van der Waals surface area contributed by atoms with E-state index in [1.165, 1.54) is 23.5 Å². The van der Waals surface area contributed by atoms with Gasteiger partial charge >= 0.3 is 0 Å². The molecule has 0 fully saturated rings. The van der Waals surface area contributed by atoms with Gasteiger partial charge in [0.2, 0.25) is 10.0 Å². The molecule has 0 unspecified atom stereocenters. The van der Waals surface area contributed by atoms with Crippen molar-refractivity contribution in [2.24, 2.45) is 0 Å². The van der Waals surface area contributed by atoms with Gasteiger partial charge in [-0.05, 0) is 12.1 Å². The lowest BCUT2D eigenvalue weighted by atomic mass is 10.4. The highest BCUT2D eigenvalue weighted by molar-refractivity contribution is 7.89. The van der Waals surface area contributed by atoms with Crippen molar-refractivity contribution in [1.82, 2.24) is 14.7 Å². The standard InChI is InChI=1S/C10H8N4O2S2/c11-3-8-1-2-10(6-13-8)18(15,16)14-5-9-4-12-7-17-9/h1-2,4,6-7,14H,5H2. The van der Waals surface area contributed by atoms with Crippen LogP contribution in [-0.2, 0) is 16.6 Å². The van der Waals surface area contributed by atoms with Crippen LogP contribution in [0.2, 0.25) is 0 Å². The molecule has 0 aliphatic carbocycles. The van der Waals surface area contributed by atoms with Gasteiger partial charge in [-0.15, -0.1) is 11.3 Å². The van der Waals surface area contributed by atoms with Crippen LogP contribution in [0.1, 0.15) is 10.6 Å². The van der Waals surface area contributed by atoms with E-state index in [-0.39, 0.29) is 17.1 Å². The highest BCUT2D eigenvalue weighted by Gasteiger charge is 2.14. The Morgan fingerprint density at radius 2 is 2.22 bits per heavy atom. The monoisotopic (exact) mass is 280 g/mol. The number of nitriles is 1. The van der Waals surface area contributed by atoms with Crippen molar-refractivity contribution in [3.8, 4) is 6.07 Å². The molecule has 2 aromatic heterocycles. The molecule has 0 amide bonds. The molecular formula is C10H8N4O2S2. The Kier molecular flexibility index (Phi) is 3.66. The van der Waals surface area contributed by atoms with Crippen molar-refractivity contribution >= 4 is 21.4 Å². The minimum atomic E-state index is -3.60. The van der Waals surface area contributed by atoms with Crippen LogP contribution >= 0.6 is 11.3 Å². The Morgan fingerprint density at radius 3 is 2.78 bits per heavy atom. The zero-order chi connectivity index (χ0) is 13.0. The molecule has 0 aliphatic rings. The summed E-state index contributed by atoms with van der Waals surface area (Å²) >= 11 is 1.37. The summed E-state index contributed by atoms with van der Waals surface area (Å²) in [6, 6.07) is 4.54. The zero-order valence-electron chi connectivity index (χ0n) is 9.07. The van der Waals surface area contributed by atoms with Gasteiger partial charge in [0.05, 0.1) is 5.51 Å². The first kappa shape index (κ1) is 12.6. The molecule has 0 bridgehead atoms. The minimum absolute atomic E-state index is 0.0333. The minimum Gasteiger partial charge on any atom is -0.253 e. The predicted molar refractivity (Wildman–Crippen MR) is 65.1 cm³/mol. The molecule has 0 atom stereocenters.